The maximum atomic E-state index is 12.8. The van der Waals surface area contributed by atoms with Gasteiger partial charge in [0, 0.05) is 5.41 Å². The third kappa shape index (κ3) is 3.40. The van der Waals surface area contributed by atoms with Gasteiger partial charge in [-0.15, -0.1) is 0 Å². The van der Waals surface area contributed by atoms with Crippen molar-refractivity contribution in [2.24, 2.45) is 28.1 Å². The number of halogens is 3. The maximum absolute atomic E-state index is 12.8. The van der Waals surface area contributed by atoms with Crippen LogP contribution in [-0.4, -0.2) is 13.9 Å². The van der Waals surface area contributed by atoms with E-state index in [0.717, 1.165) is 25.7 Å². The molecule has 2 aliphatic carbocycles. The molecule has 0 bridgehead atoms. The first-order chi connectivity index (χ1) is 11.6. The van der Waals surface area contributed by atoms with Crippen LogP contribution in [-0.2, 0) is 14.3 Å². The summed E-state index contributed by atoms with van der Waals surface area (Å²) in [6, 6.07) is 0. The van der Waals surface area contributed by atoms with E-state index in [4.69, 9.17) is 0 Å². The fourth-order valence-electron chi connectivity index (χ4n) is 5.69. The number of fused-ring (bicyclic) bond motifs is 1. The number of rotatable bonds is 4. The molecule has 0 aliphatic heterocycles. The zero-order chi connectivity index (χ0) is 20.2. The highest BCUT2D eigenvalue weighted by Gasteiger charge is 2.59. The summed E-state index contributed by atoms with van der Waals surface area (Å²) in [5.74, 6) is 0.435. The van der Waals surface area contributed by atoms with Crippen molar-refractivity contribution in [3.63, 3.8) is 0 Å². The van der Waals surface area contributed by atoms with Crippen LogP contribution in [0.3, 0.4) is 0 Å². The predicted molar refractivity (Wildman–Crippen MR) is 95.6 cm³/mol. The second-order valence-electron chi connectivity index (χ2n) is 9.40. The summed E-state index contributed by atoms with van der Waals surface area (Å²) in [6.07, 6.45) is 6.05. The highest BCUT2D eigenvalue weighted by molar-refractivity contribution is 7.87. The number of allylic oxidation sites excluding steroid dienone is 2. The molecule has 0 saturated heterocycles. The van der Waals surface area contributed by atoms with Crippen molar-refractivity contribution in [3.8, 4) is 0 Å². The van der Waals surface area contributed by atoms with Crippen LogP contribution in [0.2, 0.25) is 0 Å². The first-order valence-corrected chi connectivity index (χ1v) is 10.7. The van der Waals surface area contributed by atoms with Crippen LogP contribution in [0, 0.1) is 28.1 Å². The van der Waals surface area contributed by atoms with E-state index in [9.17, 15) is 21.6 Å². The molecule has 3 unspecified atom stereocenters. The van der Waals surface area contributed by atoms with Crippen molar-refractivity contribution in [2.75, 3.05) is 0 Å². The summed E-state index contributed by atoms with van der Waals surface area (Å²) < 4.78 is 66.0. The lowest BCUT2D eigenvalue weighted by Gasteiger charge is -2.61. The van der Waals surface area contributed by atoms with Gasteiger partial charge in [-0.05, 0) is 54.4 Å². The lowest BCUT2D eigenvalue weighted by molar-refractivity contribution is -0.104. The number of hydrogen-bond donors (Lipinski definition) is 0. The van der Waals surface area contributed by atoms with Gasteiger partial charge in [-0.1, -0.05) is 48.0 Å². The van der Waals surface area contributed by atoms with Gasteiger partial charge in [0.15, 0.2) is 0 Å². The minimum atomic E-state index is -5.64. The fourth-order valence-corrected chi connectivity index (χ4v) is 6.30. The Balaban J connectivity index is 2.45. The molecule has 1 fully saturated rings. The maximum Gasteiger partial charge on any atom is 0.534 e. The van der Waals surface area contributed by atoms with Gasteiger partial charge in [0.25, 0.3) is 0 Å². The van der Waals surface area contributed by atoms with Crippen molar-refractivity contribution >= 4 is 10.1 Å². The van der Waals surface area contributed by atoms with E-state index in [0.29, 0.717) is 12.3 Å². The summed E-state index contributed by atoms with van der Waals surface area (Å²) in [4.78, 5) is 0. The Morgan fingerprint density at radius 2 is 1.77 bits per heavy atom. The third-order valence-electron chi connectivity index (χ3n) is 6.91. The van der Waals surface area contributed by atoms with Crippen molar-refractivity contribution in [1.29, 1.82) is 0 Å². The fraction of sp³-hybridized carbons (Fsp3) is 0.895. The molecule has 26 heavy (non-hydrogen) atoms. The lowest BCUT2D eigenvalue weighted by Crippen LogP contribution is -2.54. The minimum Gasteiger partial charge on any atom is -0.380 e. The number of alkyl halides is 3. The van der Waals surface area contributed by atoms with Gasteiger partial charge in [-0.2, -0.15) is 21.6 Å². The molecule has 2 aliphatic rings. The summed E-state index contributed by atoms with van der Waals surface area (Å²) in [5, 5.41) is 0. The summed E-state index contributed by atoms with van der Waals surface area (Å²) >= 11 is 0. The van der Waals surface area contributed by atoms with Crippen LogP contribution in [0.1, 0.15) is 73.6 Å². The van der Waals surface area contributed by atoms with Crippen molar-refractivity contribution < 1.29 is 25.8 Å². The molecule has 0 spiro atoms. The van der Waals surface area contributed by atoms with Crippen molar-refractivity contribution in [1.82, 2.24) is 0 Å². The Morgan fingerprint density at radius 3 is 2.27 bits per heavy atom. The topological polar surface area (TPSA) is 43.4 Å². The highest BCUT2D eigenvalue weighted by atomic mass is 32.2. The molecule has 0 N–H and O–H groups in total. The van der Waals surface area contributed by atoms with Crippen LogP contribution >= 0.6 is 0 Å². The van der Waals surface area contributed by atoms with Crippen LogP contribution < -0.4 is 0 Å². The molecule has 1 saturated carbocycles. The van der Waals surface area contributed by atoms with Crippen LogP contribution in [0.4, 0.5) is 13.2 Å². The predicted octanol–water partition coefficient (Wildman–Crippen LogP) is 6.03. The standard InChI is InChI=1S/C19H31F3O3S/c1-7-8-13-16(2,3)11-9-14-17(4,5)15(10-12-18(13,14)6)25-26(23,24)19(20,21)22/h10,13-14H,7-9,11-12H2,1-6H3. The molecule has 152 valence electrons. The second-order valence-corrected chi connectivity index (χ2v) is 10.9. The molecule has 0 aromatic rings. The van der Waals surface area contributed by atoms with Gasteiger partial charge >= 0.3 is 15.6 Å². The van der Waals surface area contributed by atoms with E-state index >= 15 is 0 Å². The summed E-state index contributed by atoms with van der Waals surface area (Å²) in [5.41, 5.74) is -6.12. The number of hydrogen-bond acceptors (Lipinski definition) is 3. The summed E-state index contributed by atoms with van der Waals surface area (Å²) in [7, 11) is -5.64. The molecule has 3 atom stereocenters. The van der Waals surface area contributed by atoms with Gasteiger partial charge in [-0.25, -0.2) is 0 Å². The van der Waals surface area contributed by atoms with E-state index in [-0.39, 0.29) is 22.5 Å². The molecule has 3 nitrogen and oxygen atoms in total. The molecule has 2 rings (SSSR count). The first kappa shape index (κ1) is 21.6. The quantitative estimate of drug-likeness (QED) is 0.431. The average Bonchev–Trinajstić information content (AvgIpc) is 2.45. The zero-order valence-electron chi connectivity index (χ0n) is 16.5. The normalized spacial score (nSPS) is 34.0. The lowest BCUT2D eigenvalue weighted by atomic mass is 9.44. The van der Waals surface area contributed by atoms with Crippen molar-refractivity contribution in [3.05, 3.63) is 11.8 Å². The minimum absolute atomic E-state index is 0.0627. The smallest absolute Gasteiger partial charge is 0.380 e. The Hall–Kier alpha value is -0.720. The van der Waals surface area contributed by atoms with Crippen LogP contribution in [0.5, 0.6) is 0 Å². The van der Waals surface area contributed by atoms with E-state index in [1.54, 1.807) is 6.08 Å². The molecule has 0 aromatic carbocycles. The second kappa shape index (κ2) is 6.42. The van der Waals surface area contributed by atoms with Gasteiger partial charge in [-0.3, -0.25) is 0 Å². The third-order valence-corrected chi connectivity index (χ3v) is 7.87. The Labute approximate surface area is 155 Å². The Morgan fingerprint density at radius 1 is 1.19 bits per heavy atom. The van der Waals surface area contributed by atoms with Crippen LogP contribution in [0.15, 0.2) is 11.8 Å². The van der Waals surface area contributed by atoms with E-state index in [1.165, 1.54) is 0 Å². The van der Waals surface area contributed by atoms with E-state index in [2.05, 4.69) is 31.9 Å². The highest BCUT2D eigenvalue weighted by Crippen LogP contribution is 2.65. The average molecular weight is 397 g/mol. The Kier molecular flexibility index (Phi) is 5.33. The largest absolute Gasteiger partial charge is 0.534 e. The molecule has 0 amide bonds. The molecule has 7 heteroatoms. The monoisotopic (exact) mass is 396 g/mol. The van der Waals surface area contributed by atoms with E-state index < -0.39 is 21.0 Å². The summed E-state index contributed by atoms with van der Waals surface area (Å²) in [6.45, 7) is 12.5. The molecule has 0 radical (unpaired) electrons. The van der Waals surface area contributed by atoms with E-state index in [1.807, 2.05) is 13.8 Å². The SMILES string of the molecule is CCCC1C(C)(C)CCC2C(C)(C)C(OS(=O)(=O)C(F)(F)F)=CCC12C. The van der Waals surface area contributed by atoms with Crippen LogP contribution in [0.25, 0.3) is 0 Å². The van der Waals surface area contributed by atoms with Gasteiger partial charge < -0.3 is 4.18 Å². The molecular weight excluding hydrogens is 365 g/mol. The molecule has 0 aromatic heterocycles. The van der Waals surface area contributed by atoms with Crippen molar-refractivity contribution in [2.45, 2.75) is 79.2 Å². The van der Waals surface area contributed by atoms with Gasteiger partial charge in [0.05, 0.1) is 0 Å². The molecular formula is C19H31F3O3S. The first-order valence-electron chi connectivity index (χ1n) is 9.31. The zero-order valence-corrected chi connectivity index (χ0v) is 17.4. The van der Waals surface area contributed by atoms with Gasteiger partial charge in [0.2, 0.25) is 0 Å². The van der Waals surface area contributed by atoms with Gasteiger partial charge in [0.1, 0.15) is 5.76 Å². The Bertz CT molecular complexity index is 677. The molecule has 0 heterocycles.